The molecule has 0 heterocycles. The van der Waals surface area contributed by atoms with Crippen LogP contribution in [0.15, 0.2) is 60.7 Å². The molecule has 3 heteroatoms. The van der Waals surface area contributed by atoms with Gasteiger partial charge in [0.2, 0.25) is 0 Å². The first-order valence-electron chi connectivity index (χ1n) is 6.12. The molecule has 20 heavy (non-hydrogen) atoms. The van der Waals surface area contributed by atoms with E-state index in [2.05, 4.69) is 6.07 Å². The van der Waals surface area contributed by atoms with Gasteiger partial charge in [0.15, 0.2) is 0 Å². The molecule has 3 aromatic rings. The standard InChI is InChI=1S/C17H10ClNO/c18-17-10-16(8-6-14(17)11-19)20-15-7-5-12-3-1-2-4-13(12)9-15/h1-10H. The van der Waals surface area contributed by atoms with Crippen LogP contribution in [0.5, 0.6) is 11.5 Å². The SMILES string of the molecule is N#Cc1ccc(Oc2ccc3ccccc3c2)cc1Cl. The summed E-state index contributed by atoms with van der Waals surface area (Å²) in [4.78, 5) is 0. The largest absolute Gasteiger partial charge is 0.457 e. The Morgan fingerprint density at radius 1 is 0.850 bits per heavy atom. The molecule has 0 saturated carbocycles. The van der Waals surface area contributed by atoms with Gasteiger partial charge in [-0.05, 0) is 35.0 Å². The zero-order chi connectivity index (χ0) is 13.9. The van der Waals surface area contributed by atoms with E-state index in [0.717, 1.165) is 16.5 Å². The fourth-order valence-electron chi connectivity index (χ4n) is 2.02. The van der Waals surface area contributed by atoms with Crippen molar-refractivity contribution in [3.05, 3.63) is 71.2 Å². The highest BCUT2D eigenvalue weighted by Crippen LogP contribution is 2.28. The molecule has 2 nitrogen and oxygen atoms in total. The lowest BCUT2D eigenvalue weighted by molar-refractivity contribution is 0.483. The second-order valence-electron chi connectivity index (χ2n) is 4.36. The Hall–Kier alpha value is -2.50. The first-order valence-corrected chi connectivity index (χ1v) is 6.50. The van der Waals surface area contributed by atoms with Gasteiger partial charge in [0.25, 0.3) is 0 Å². The highest BCUT2D eigenvalue weighted by molar-refractivity contribution is 6.31. The van der Waals surface area contributed by atoms with E-state index in [9.17, 15) is 0 Å². The Morgan fingerprint density at radius 3 is 2.30 bits per heavy atom. The molecule has 0 aliphatic rings. The monoisotopic (exact) mass is 279 g/mol. The molecule has 0 fully saturated rings. The van der Waals surface area contributed by atoms with Crippen LogP contribution in [0.3, 0.4) is 0 Å². The van der Waals surface area contributed by atoms with Gasteiger partial charge in [-0.3, -0.25) is 0 Å². The summed E-state index contributed by atoms with van der Waals surface area (Å²) in [5.41, 5.74) is 0.442. The van der Waals surface area contributed by atoms with Crippen molar-refractivity contribution >= 4 is 22.4 Å². The van der Waals surface area contributed by atoms with Gasteiger partial charge in [0.1, 0.15) is 17.6 Å². The molecule has 3 rings (SSSR count). The van der Waals surface area contributed by atoms with Crippen molar-refractivity contribution in [1.29, 1.82) is 5.26 Å². The summed E-state index contributed by atoms with van der Waals surface area (Å²) in [5, 5.41) is 11.5. The number of benzene rings is 3. The van der Waals surface area contributed by atoms with Crippen LogP contribution in [0.4, 0.5) is 0 Å². The molecule has 0 amide bonds. The van der Waals surface area contributed by atoms with E-state index in [1.165, 1.54) is 0 Å². The Bertz CT molecular complexity index is 821. The maximum Gasteiger partial charge on any atom is 0.129 e. The van der Waals surface area contributed by atoms with E-state index < -0.39 is 0 Å². The number of nitrogens with zero attached hydrogens (tertiary/aromatic N) is 1. The summed E-state index contributed by atoms with van der Waals surface area (Å²) >= 11 is 5.99. The van der Waals surface area contributed by atoms with Crippen molar-refractivity contribution in [1.82, 2.24) is 0 Å². The van der Waals surface area contributed by atoms with E-state index >= 15 is 0 Å². The summed E-state index contributed by atoms with van der Waals surface area (Å²) in [6, 6.07) is 21.0. The number of halogens is 1. The molecule has 0 N–H and O–H groups in total. The van der Waals surface area contributed by atoms with Crippen molar-refractivity contribution < 1.29 is 4.74 Å². The van der Waals surface area contributed by atoms with Crippen LogP contribution in [-0.2, 0) is 0 Å². The zero-order valence-corrected chi connectivity index (χ0v) is 11.3. The van der Waals surface area contributed by atoms with Crippen LogP contribution in [0, 0.1) is 11.3 Å². The van der Waals surface area contributed by atoms with Crippen molar-refractivity contribution in [2.75, 3.05) is 0 Å². The molecule has 96 valence electrons. The summed E-state index contributed by atoms with van der Waals surface area (Å²) in [6.07, 6.45) is 0. The second kappa shape index (κ2) is 5.24. The predicted octanol–water partition coefficient (Wildman–Crippen LogP) is 5.16. The second-order valence-corrected chi connectivity index (χ2v) is 4.77. The van der Waals surface area contributed by atoms with Crippen LogP contribution < -0.4 is 4.74 Å². The predicted molar refractivity (Wildman–Crippen MR) is 80.2 cm³/mol. The van der Waals surface area contributed by atoms with Crippen LogP contribution in [0.25, 0.3) is 10.8 Å². The molecule has 0 aromatic heterocycles. The van der Waals surface area contributed by atoms with Gasteiger partial charge in [-0.25, -0.2) is 0 Å². The molecule has 0 bridgehead atoms. The maximum absolute atomic E-state index is 8.84. The molecular formula is C17H10ClNO. The third-order valence-electron chi connectivity index (χ3n) is 3.02. The van der Waals surface area contributed by atoms with Crippen LogP contribution in [-0.4, -0.2) is 0 Å². The van der Waals surface area contributed by atoms with E-state index in [0.29, 0.717) is 16.3 Å². The Balaban J connectivity index is 1.93. The molecule has 0 aliphatic carbocycles. The molecular weight excluding hydrogens is 270 g/mol. The number of ether oxygens (including phenoxy) is 1. The van der Waals surface area contributed by atoms with Crippen LogP contribution >= 0.6 is 11.6 Å². The summed E-state index contributed by atoms with van der Waals surface area (Å²) in [6.45, 7) is 0. The van der Waals surface area contributed by atoms with Gasteiger partial charge >= 0.3 is 0 Å². The molecule has 0 aliphatic heterocycles. The van der Waals surface area contributed by atoms with Gasteiger partial charge in [-0.1, -0.05) is 41.9 Å². The molecule has 3 aromatic carbocycles. The van der Waals surface area contributed by atoms with Gasteiger partial charge in [0, 0.05) is 6.07 Å². The van der Waals surface area contributed by atoms with E-state index in [1.807, 2.05) is 42.5 Å². The van der Waals surface area contributed by atoms with Gasteiger partial charge in [-0.2, -0.15) is 5.26 Å². The minimum Gasteiger partial charge on any atom is -0.457 e. The smallest absolute Gasteiger partial charge is 0.129 e. The van der Waals surface area contributed by atoms with E-state index in [-0.39, 0.29) is 0 Å². The third-order valence-corrected chi connectivity index (χ3v) is 3.33. The lowest BCUT2D eigenvalue weighted by atomic mass is 10.1. The first-order chi connectivity index (χ1) is 9.76. The number of nitriles is 1. The minimum absolute atomic E-state index is 0.394. The van der Waals surface area contributed by atoms with Gasteiger partial charge < -0.3 is 4.74 Å². The van der Waals surface area contributed by atoms with Crippen molar-refractivity contribution in [3.8, 4) is 17.6 Å². The normalized spacial score (nSPS) is 10.2. The number of hydrogen-bond donors (Lipinski definition) is 0. The Morgan fingerprint density at radius 2 is 1.55 bits per heavy atom. The topological polar surface area (TPSA) is 33.0 Å². The number of hydrogen-bond acceptors (Lipinski definition) is 2. The lowest BCUT2D eigenvalue weighted by Crippen LogP contribution is -1.86. The van der Waals surface area contributed by atoms with Crippen LogP contribution in [0.2, 0.25) is 5.02 Å². The number of rotatable bonds is 2. The highest BCUT2D eigenvalue weighted by Gasteiger charge is 2.03. The Labute approximate surface area is 121 Å². The molecule has 0 unspecified atom stereocenters. The van der Waals surface area contributed by atoms with Crippen LogP contribution in [0.1, 0.15) is 5.56 Å². The quantitative estimate of drug-likeness (QED) is 0.649. The summed E-state index contributed by atoms with van der Waals surface area (Å²) < 4.78 is 5.77. The van der Waals surface area contributed by atoms with Gasteiger partial charge in [0.05, 0.1) is 10.6 Å². The summed E-state index contributed by atoms with van der Waals surface area (Å²) in [5.74, 6) is 1.36. The van der Waals surface area contributed by atoms with Gasteiger partial charge in [-0.15, -0.1) is 0 Å². The van der Waals surface area contributed by atoms with Crippen molar-refractivity contribution in [3.63, 3.8) is 0 Å². The fourth-order valence-corrected chi connectivity index (χ4v) is 2.23. The number of fused-ring (bicyclic) bond motifs is 1. The Kier molecular flexibility index (Phi) is 3.28. The average molecular weight is 280 g/mol. The van der Waals surface area contributed by atoms with Crippen molar-refractivity contribution in [2.45, 2.75) is 0 Å². The fraction of sp³-hybridized carbons (Fsp3) is 0. The first kappa shape index (κ1) is 12.5. The average Bonchev–Trinajstić information content (AvgIpc) is 2.47. The maximum atomic E-state index is 8.84. The lowest BCUT2D eigenvalue weighted by Gasteiger charge is -2.07. The highest BCUT2D eigenvalue weighted by atomic mass is 35.5. The van der Waals surface area contributed by atoms with E-state index in [4.69, 9.17) is 21.6 Å². The molecule has 0 spiro atoms. The summed E-state index contributed by atoms with van der Waals surface area (Å²) in [7, 11) is 0. The molecule has 0 saturated heterocycles. The molecule has 0 atom stereocenters. The minimum atomic E-state index is 0.394. The molecule has 0 radical (unpaired) electrons. The zero-order valence-electron chi connectivity index (χ0n) is 10.5. The third kappa shape index (κ3) is 2.45. The van der Waals surface area contributed by atoms with E-state index in [1.54, 1.807) is 18.2 Å². The van der Waals surface area contributed by atoms with Crippen molar-refractivity contribution in [2.24, 2.45) is 0 Å².